The normalized spacial score (nSPS) is 21.9. The number of carbonyl (C=O) groups is 1. The molecule has 0 radical (unpaired) electrons. The summed E-state index contributed by atoms with van der Waals surface area (Å²) in [5.41, 5.74) is 7.37. The largest absolute Gasteiger partial charge is 0.348 e. The van der Waals surface area contributed by atoms with Crippen LogP contribution in [0.3, 0.4) is 0 Å². The molecule has 1 aromatic heterocycles. The summed E-state index contributed by atoms with van der Waals surface area (Å²) in [6.07, 6.45) is 4.51. The summed E-state index contributed by atoms with van der Waals surface area (Å²) in [5, 5.41) is 13.9. The smallest absolute Gasteiger partial charge is 0.251 e. The molecule has 3 N–H and O–H groups in total. The Morgan fingerprint density at radius 3 is 2.70 bits per heavy atom. The maximum atomic E-state index is 12.1. The van der Waals surface area contributed by atoms with Crippen LogP contribution in [0.4, 0.5) is 0 Å². The maximum absolute atomic E-state index is 12.1. The molecule has 3 rings (SSSR count). The monoisotopic (exact) mass is 272 g/mol. The van der Waals surface area contributed by atoms with Crippen molar-refractivity contribution in [3.63, 3.8) is 0 Å². The number of nitrogens with zero attached hydrogens (tertiary/aromatic N) is 4. The van der Waals surface area contributed by atoms with Crippen molar-refractivity contribution >= 4 is 5.91 Å². The van der Waals surface area contributed by atoms with Crippen molar-refractivity contribution in [2.45, 2.75) is 31.3 Å². The number of tetrazole rings is 1. The van der Waals surface area contributed by atoms with Crippen molar-refractivity contribution in [2.75, 3.05) is 0 Å². The lowest BCUT2D eigenvalue weighted by atomic mass is 10.1. The van der Waals surface area contributed by atoms with Crippen LogP contribution in [0.5, 0.6) is 0 Å². The van der Waals surface area contributed by atoms with Gasteiger partial charge in [0, 0.05) is 17.6 Å². The number of aromatic nitrogens is 4. The SMILES string of the molecule is NC1CCCC1NC(=O)c1ccc(-n2cnnn2)cc1. The first-order valence-corrected chi connectivity index (χ1v) is 6.64. The standard InChI is InChI=1S/C13H16N6O/c14-11-2-1-3-12(11)16-13(20)9-4-6-10(7-5-9)19-8-15-17-18-19/h4-8,11-12H,1-3,14H2,(H,16,20). The second-order valence-corrected chi connectivity index (χ2v) is 4.98. The average Bonchev–Trinajstić information content (AvgIpc) is 3.12. The molecule has 2 aromatic rings. The molecule has 104 valence electrons. The van der Waals surface area contributed by atoms with E-state index in [0.717, 1.165) is 24.9 Å². The second kappa shape index (κ2) is 5.38. The Bertz CT molecular complexity index is 579. The van der Waals surface area contributed by atoms with Gasteiger partial charge < -0.3 is 11.1 Å². The van der Waals surface area contributed by atoms with Crippen LogP contribution in [0, 0.1) is 0 Å². The molecule has 1 heterocycles. The van der Waals surface area contributed by atoms with Gasteiger partial charge in [-0.2, -0.15) is 0 Å². The zero-order valence-electron chi connectivity index (χ0n) is 10.9. The van der Waals surface area contributed by atoms with E-state index in [9.17, 15) is 4.79 Å². The Labute approximate surface area is 116 Å². The van der Waals surface area contributed by atoms with E-state index in [1.807, 2.05) is 0 Å². The maximum Gasteiger partial charge on any atom is 0.251 e. The van der Waals surface area contributed by atoms with Crippen molar-refractivity contribution in [1.29, 1.82) is 0 Å². The summed E-state index contributed by atoms with van der Waals surface area (Å²) in [5.74, 6) is -0.0874. The molecule has 1 aromatic carbocycles. The number of rotatable bonds is 3. The van der Waals surface area contributed by atoms with E-state index < -0.39 is 0 Å². The molecule has 7 nitrogen and oxygen atoms in total. The van der Waals surface area contributed by atoms with E-state index in [2.05, 4.69) is 20.8 Å². The van der Waals surface area contributed by atoms with Gasteiger partial charge in [0.25, 0.3) is 5.91 Å². The number of nitrogens with two attached hydrogens (primary N) is 1. The Kier molecular flexibility index (Phi) is 3.42. The minimum Gasteiger partial charge on any atom is -0.348 e. The fourth-order valence-corrected chi connectivity index (χ4v) is 2.46. The molecule has 0 bridgehead atoms. The third-order valence-corrected chi connectivity index (χ3v) is 3.63. The van der Waals surface area contributed by atoms with Crippen molar-refractivity contribution < 1.29 is 4.79 Å². The summed E-state index contributed by atoms with van der Waals surface area (Å²) < 4.78 is 1.54. The molecule has 0 spiro atoms. The molecule has 1 saturated carbocycles. The Hall–Kier alpha value is -2.28. The number of amides is 1. The lowest BCUT2D eigenvalue weighted by molar-refractivity contribution is 0.0934. The summed E-state index contributed by atoms with van der Waals surface area (Å²) in [7, 11) is 0. The van der Waals surface area contributed by atoms with Crippen molar-refractivity contribution in [3.8, 4) is 5.69 Å². The minimum atomic E-state index is -0.0874. The molecular weight excluding hydrogens is 256 g/mol. The van der Waals surface area contributed by atoms with Gasteiger partial charge >= 0.3 is 0 Å². The van der Waals surface area contributed by atoms with Gasteiger partial charge in [-0.05, 0) is 54.0 Å². The van der Waals surface area contributed by atoms with Gasteiger partial charge in [-0.15, -0.1) is 5.10 Å². The van der Waals surface area contributed by atoms with E-state index in [-0.39, 0.29) is 18.0 Å². The molecule has 1 amide bonds. The second-order valence-electron chi connectivity index (χ2n) is 4.98. The highest BCUT2D eigenvalue weighted by Crippen LogP contribution is 2.17. The molecule has 2 atom stereocenters. The van der Waals surface area contributed by atoms with Crippen LogP contribution in [0.1, 0.15) is 29.6 Å². The van der Waals surface area contributed by atoms with Gasteiger partial charge in [0.15, 0.2) is 0 Å². The van der Waals surface area contributed by atoms with Crippen LogP contribution in [0.25, 0.3) is 5.69 Å². The molecule has 2 unspecified atom stereocenters. The highest BCUT2D eigenvalue weighted by molar-refractivity contribution is 5.94. The van der Waals surface area contributed by atoms with Crippen molar-refractivity contribution in [2.24, 2.45) is 5.73 Å². The van der Waals surface area contributed by atoms with Crippen LogP contribution in [-0.4, -0.2) is 38.2 Å². The Morgan fingerprint density at radius 2 is 2.10 bits per heavy atom. The number of nitrogens with one attached hydrogen (secondary N) is 1. The first kappa shape index (κ1) is 12.7. The number of benzene rings is 1. The zero-order valence-corrected chi connectivity index (χ0v) is 10.9. The molecular formula is C13H16N6O. The van der Waals surface area contributed by atoms with Gasteiger partial charge in [-0.3, -0.25) is 4.79 Å². The minimum absolute atomic E-state index is 0.0689. The molecule has 1 fully saturated rings. The molecule has 0 saturated heterocycles. The average molecular weight is 272 g/mol. The third-order valence-electron chi connectivity index (χ3n) is 3.63. The molecule has 1 aliphatic carbocycles. The van der Waals surface area contributed by atoms with Crippen LogP contribution < -0.4 is 11.1 Å². The first-order valence-electron chi connectivity index (χ1n) is 6.64. The topological polar surface area (TPSA) is 98.7 Å². The fraction of sp³-hybridized carbons (Fsp3) is 0.385. The van der Waals surface area contributed by atoms with E-state index in [1.165, 1.54) is 11.0 Å². The van der Waals surface area contributed by atoms with Gasteiger partial charge in [-0.1, -0.05) is 0 Å². The Morgan fingerprint density at radius 1 is 1.30 bits per heavy atom. The fourth-order valence-electron chi connectivity index (χ4n) is 2.46. The predicted octanol–water partition coefficient (Wildman–Crippen LogP) is 0.272. The van der Waals surface area contributed by atoms with E-state index in [0.29, 0.717) is 5.56 Å². The third kappa shape index (κ3) is 2.53. The van der Waals surface area contributed by atoms with E-state index in [4.69, 9.17) is 5.73 Å². The van der Waals surface area contributed by atoms with Crippen molar-refractivity contribution in [3.05, 3.63) is 36.2 Å². The van der Waals surface area contributed by atoms with Crippen LogP contribution in [0.2, 0.25) is 0 Å². The van der Waals surface area contributed by atoms with E-state index in [1.54, 1.807) is 24.3 Å². The first-order chi connectivity index (χ1) is 9.74. The number of hydrogen-bond donors (Lipinski definition) is 2. The lowest BCUT2D eigenvalue weighted by Crippen LogP contribution is -2.43. The summed E-state index contributed by atoms with van der Waals surface area (Å²) in [4.78, 5) is 12.1. The van der Waals surface area contributed by atoms with Gasteiger partial charge in [0.2, 0.25) is 0 Å². The molecule has 1 aliphatic rings. The number of hydrogen-bond acceptors (Lipinski definition) is 5. The summed E-state index contributed by atoms with van der Waals surface area (Å²) in [6.45, 7) is 0. The number of carbonyl (C=O) groups excluding carboxylic acids is 1. The van der Waals surface area contributed by atoms with Crippen molar-refractivity contribution in [1.82, 2.24) is 25.5 Å². The predicted molar refractivity (Wildman–Crippen MR) is 72.2 cm³/mol. The van der Waals surface area contributed by atoms with Gasteiger partial charge in [-0.25, -0.2) is 4.68 Å². The highest BCUT2D eigenvalue weighted by Gasteiger charge is 2.25. The highest BCUT2D eigenvalue weighted by atomic mass is 16.1. The Balaban J connectivity index is 1.69. The molecule has 20 heavy (non-hydrogen) atoms. The zero-order chi connectivity index (χ0) is 13.9. The summed E-state index contributed by atoms with van der Waals surface area (Å²) in [6, 6.07) is 7.28. The van der Waals surface area contributed by atoms with E-state index >= 15 is 0 Å². The quantitative estimate of drug-likeness (QED) is 0.835. The van der Waals surface area contributed by atoms with Gasteiger partial charge in [0.05, 0.1) is 5.69 Å². The van der Waals surface area contributed by atoms with Crippen LogP contribution in [0.15, 0.2) is 30.6 Å². The van der Waals surface area contributed by atoms with Crippen LogP contribution in [-0.2, 0) is 0 Å². The van der Waals surface area contributed by atoms with Crippen LogP contribution >= 0.6 is 0 Å². The van der Waals surface area contributed by atoms with Gasteiger partial charge in [0.1, 0.15) is 6.33 Å². The molecule has 0 aliphatic heterocycles. The molecule has 7 heteroatoms. The summed E-state index contributed by atoms with van der Waals surface area (Å²) >= 11 is 0. The lowest BCUT2D eigenvalue weighted by Gasteiger charge is -2.17.